The number of aromatic amines is 1. The highest BCUT2D eigenvalue weighted by atomic mass is 19.1. The molecule has 0 radical (unpaired) electrons. The maximum Gasteiger partial charge on any atom is 0.125 e. The van der Waals surface area contributed by atoms with E-state index in [1.165, 1.54) is 17.7 Å². The van der Waals surface area contributed by atoms with E-state index in [1.807, 2.05) is 18.2 Å². The predicted octanol–water partition coefficient (Wildman–Crippen LogP) is 3.57. The number of fused-ring (bicyclic) bond motifs is 2. The Hall–Kier alpha value is -2.33. The van der Waals surface area contributed by atoms with Crippen molar-refractivity contribution in [2.45, 2.75) is 12.5 Å². The Kier molecular flexibility index (Phi) is 3.31. The third-order valence-electron chi connectivity index (χ3n) is 4.15. The normalized spacial score (nSPS) is 16.7. The van der Waals surface area contributed by atoms with Gasteiger partial charge in [0.25, 0.3) is 0 Å². The lowest BCUT2D eigenvalue weighted by molar-refractivity contribution is 0.326. The second kappa shape index (κ2) is 5.46. The second-order valence-electron chi connectivity index (χ2n) is 5.70. The summed E-state index contributed by atoms with van der Waals surface area (Å²) in [6.07, 6.45) is 0. The summed E-state index contributed by atoms with van der Waals surface area (Å²) in [5.74, 6) is 1.17. The predicted molar refractivity (Wildman–Crippen MR) is 84.6 cm³/mol. The van der Waals surface area contributed by atoms with Crippen LogP contribution >= 0.6 is 0 Å². The first kappa shape index (κ1) is 13.3. The van der Waals surface area contributed by atoms with Crippen LogP contribution in [0, 0.1) is 5.82 Å². The summed E-state index contributed by atoms with van der Waals surface area (Å²) in [6.45, 7) is 2.32. The van der Waals surface area contributed by atoms with E-state index in [9.17, 15) is 4.39 Å². The zero-order valence-electron chi connectivity index (χ0n) is 12.1. The molecule has 1 aromatic heterocycles. The molecule has 1 unspecified atom stereocenters. The minimum atomic E-state index is -0.214. The van der Waals surface area contributed by atoms with Gasteiger partial charge in [0.2, 0.25) is 0 Å². The molecule has 22 heavy (non-hydrogen) atoms. The van der Waals surface area contributed by atoms with Crippen LogP contribution in [0.4, 0.5) is 4.39 Å². The molecule has 4 heteroatoms. The number of hydrogen-bond donors (Lipinski definition) is 2. The summed E-state index contributed by atoms with van der Waals surface area (Å²) < 4.78 is 18.9. The molecule has 112 valence electrons. The molecule has 1 atom stereocenters. The molecule has 0 spiro atoms. The highest BCUT2D eigenvalue weighted by molar-refractivity contribution is 5.80. The quantitative estimate of drug-likeness (QED) is 0.772. The van der Waals surface area contributed by atoms with Crippen LogP contribution in [0.15, 0.2) is 48.5 Å². The lowest BCUT2D eigenvalue weighted by atomic mass is 10.0. The fourth-order valence-corrected chi connectivity index (χ4v) is 3.03. The highest BCUT2D eigenvalue weighted by Gasteiger charge is 2.22. The zero-order valence-corrected chi connectivity index (χ0v) is 12.1. The molecule has 2 heterocycles. The van der Waals surface area contributed by atoms with Gasteiger partial charge in [0.1, 0.15) is 11.6 Å². The van der Waals surface area contributed by atoms with Crippen molar-refractivity contribution in [3.8, 4) is 5.75 Å². The van der Waals surface area contributed by atoms with E-state index >= 15 is 0 Å². The molecule has 0 fully saturated rings. The molecule has 0 saturated carbocycles. The maximum atomic E-state index is 13.2. The molecule has 2 N–H and O–H groups in total. The number of rotatable bonds is 4. The number of halogens is 1. The van der Waals surface area contributed by atoms with Gasteiger partial charge in [-0.3, -0.25) is 0 Å². The van der Waals surface area contributed by atoms with E-state index in [-0.39, 0.29) is 5.82 Å². The highest BCUT2D eigenvalue weighted by Crippen LogP contribution is 2.32. The third-order valence-corrected chi connectivity index (χ3v) is 4.15. The molecule has 3 nitrogen and oxygen atoms in total. The lowest BCUT2D eigenvalue weighted by Crippen LogP contribution is -2.22. The minimum absolute atomic E-state index is 0.214. The molecular weight excluding hydrogens is 279 g/mol. The van der Waals surface area contributed by atoms with Gasteiger partial charge in [0.15, 0.2) is 0 Å². The first-order valence-corrected chi connectivity index (χ1v) is 7.49. The van der Waals surface area contributed by atoms with Crippen molar-refractivity contribution in [3.63, 3.8) is 0 Å². The molecule has 2 aromatic carbocycles. The minimum Gasteiger partial charge on any atom is -0.493 e. The van der Waals surface area contributed by atoms with E-state index in [4.69, 9.17) is 4.74 Å². The summed E-state index contributed by atoms with van der Waals surface area (Å²) in [4.78, 5) is 3.25. The summed E-state index contributed by atoms with van der Waals surface area (Å²) in [5.41, 5.74) is 3.17. The summed E-state index contributed by atoms with van der Waals surface area (Å²) in [5, 5.41) is 4.49. The van der Waals surface area contributed by atoms with Crippen LogP contribution in [0.1, 0.15) is 17.2 Å². The van der Waals surface area contributed by atoms with Crippen molar-refractivity contribution in [1.82, 2.24) is 10.3 Å². The molecule has 0 saturated heterocycles. The molecule has 1 aliphatic heterocycles. The van der Waals surface area contributed by atoms with Crippen molar-refractivity contribution in [1.29, 1.82) is 0 Å². The van der Waals surface area contributed by atoms with Gasteiger partial charge in [0.05, 0.1) is 6.61 Å². The SMILES string of the molecule is Fc1ccc2cc(CNCC3COc4ccccc43)[nH]c2c1. The summed E-state index contributed by atoms with van der Waals surface area (Å²) >= 11 is 0. The average molecular weight is 296 g/mol. The van der Waals surface area contributed by atoms with Crippen molar-refractivity contribution in [2.24, 2.45) is 0 Å². The van der Waals surface area contributed by atoms with Gasteiger partial charge < -0.3 is 15.0 Å². The number of hydrogen-bond acceptors (Lipinski definition) is 2. The summed E-state index contributed by atoms with van der Waals surface area (Å²) in [7, 11) is 0. The van der Waals surface area contributed by atoms with Crippen molar-refractivity contribution >= 4 is 10.9 Å². The molecule has 3 aromatic rings. The summed E-state index contributed by atoms with van der Waals surface area (Å²) in [6, 6.07) is 15.1. The van der Waals surface area contributed by atoms with Gasteiger partial charge in [-0.2, -0.15) is 0 Å². The van der Waals surface area contributed by atoms with E-state index in [2.05, 4.69) is 22.4 Å². The first-order valence-electron chi connectivity index (χ1n) is 7.49. The van der Waals surface area contributed by atoms with Crippen molar-refractivity contribution in [3.05, 3.63) is 65.6 Å². The van der Waals surface area contributed by atoms with Gasteiger partial charge in [-0.1, -0.05) is 18.2 Å². The molecule has 0 aliphatic carbocycles. The van der Waals surface area contributed by atoms with Gasteiger partial charge in [-0.15, -0.1) is 0 Å². The molecule has 0 amide bonds. The van der Waals surface area contributed by atoms with Crippen molar-refractivity contribution in [2.75, 3.05) is 13.2 Å². The van der Waals surface area contributed by atoms with Gasteiger partial charge in [-0.05, 0) is 35.7 Å². The Morgan fingerprint density at radius 1 is 1.18 bits per heavy atom. The maximum absolute atomic E-state index is 13.2. The monoisotopic (exact) mass is 296 g/mol. The second-order valence-corrected chi connectivity index (χ2v) is 5.70. The van der Waals surface area contributed by atoms with Gasteiger partial charge >= 0.3 is 0 Å². The zero-order chi connectivity index (χ0) is 14.9. The average Bonchev–Trinajstić information content (AvgIpc) is 3.11. The number of aromatic nitrogens is 1. The fraction of sp³-hybridized carbons (Fsp3) is 0.222. The van der Waals surface area contributed by atoms with E-state index < -0.39 is 0 Å². The van der Waals surface area contributed by atoms with Gasteiger partial charge in [0, 0.05) is 35.8 Å². The van der Waals surface area contributed by atoms with Crippen LogP contribution in [-0.4, -0.2) is 18.1 Å². The Morgan fingerprint density at radius 2 is 2.09 bits per heavy atom. The van der Waals surface area contributed by atoms with Crippen LogP contribution in [0.3, 0.4) is 0 Å². The first-order chi connectivity index (χ1) is 10.8. The van der Waals surface area contributed by atoms with Crippen LogP contribution in [0.2, 0.25) is 0 Å². The number of benzene rings is 2. The smallest absolute Gasteiger partial charge is 0.125 e. The standard InChI is InChI=1S/C18H17FN2O/c19-14-6-5-12-7-15(21-17(12)8-14)10-20-9-13-11-22-18-4-2-1-3-16(13)18/h1-8,13,20-21H,9-11H2. The van der Waals surface area contributed by atoms with Crippen LogP contribution in [0.25, 0.3) is 10.9 Å². The molecular formula is C18H17FN2O. The molecule has 1 aliphatic rings. The topological polar surface area (TPSA) is 37.0 Å². The number of ether oxygens (including phenoxy) is 1. The lowest BCUT2D eigenvalue weighted by Gasteiger charge is -2.09. The van der Waals surface area contributed by atoms with Crippen LogP contribution < -0.4 is 10.1 Å². The number of para-hydroxylation sites is 1. The van der Waals surface area contributed by atoms with Crippen molar-refractivity contribution < 1.29 is 9.13 Å². The number of nitrogens with one attached hydrogen (secondary N) is 2. The van der Waals surface area contributed by atoms with E-state index in [0.29, 0.717) is 5.92 Å². The van der Waals surface area contributed by atoms with E-state index in [1.54, 1.807) is 6.07 Å². The molecule has 0 bridgehead atoms. The third kappa shape index (κ3) is 2.46. The van der Waals surface area contributed by atoms with E-state index in [0.717, 1.165) is 42.0 Å². The molecule has 4 rings (SSSR count). The Morgan fingerprint density at radius 3 is 3.05 bits per heavy atom. The Bertz CT molecular complexity index is 812. The number of H-pyrrole nitrogens is 1. The van der Waals surface area contributed by atoms with Crippen LogP contribution in [-0.2, 0) is 6.54 Å². The van der Waals surface area contributed by atoms with Crippen LogP contribution in [0.5, 0.6) is 5.75 Å². The fourth-order valence-electron chi connectivity index (χ4n) is 3.03. The largest absolute Gasteiger partial charge is 0.493 e. The van der Waals surface area contributed by atoms with Gasteiger partial charge in [-0.25, -0.2) is 4.39 Å². The Balaban J connectivity index is 1.40. The Labute approximate surface area is 128 Å².